The third kappa shape index (κ3) is 3.85. The number of hydrogen-bond donors (Lipinski definition) is 0. The Morgan fingerprint density at radius 3 is 2.58 bits per heavy atom. The van der Waals surface area contributed by atoms with Gasteiger partial charge in [-0.25, -0.2) is 0 Å². The molecule has 0 unspecified atom stereocenters. The molecule has 0 bridgehead atoms. The molecule has 0 spiro atoms. The maximum atomic E-state index is 10.3. The first-order valence-corrected chi connectivity index (χ1v) is 7.33. The molecule has 0 N–H and O–H groups in total. The van der Waals surface area contributed by atoms with Crippen LogP contribution in [0.1, 0.15) is 12.8 Å². The lowest BCUT2D eigenvalue weighted by Crippen LogP contribution is -2.46. The SMILES string of the molecule is O=CCCCN1CCN(c2cccc(Cl)c2Cl)CC1. The predicted molar refractivity (Wildman–Crippen MR) is 80.4 cm³/mol. The zero-order valence-electron chi connectivity index (χ0n) is 10.8. The van der Waals surface area contributed by atoms with Crippen LogP contribution in [0.3, 0.4) is 0 Å². The molecule has 19 heavy (non-hydrogen) atoms. The van der Waals surface area contributed by atoms with E-state index < -0.39 is 0 Å². The first-order chi connectivity index (χ1) is 9.22. The van der Waals surface area contributed by atoms with Gasteiger partial charge in [-0.15, -0.1) is 0 Å². The number of aldehydes is 1. The monoisotopic (exact) mass is 300 g/mol. The minimum absolute atomic E-state index is 0.604. The van der Waals surface area contributed by atoms with Gasteiger partial charge in [0.25, 0.3) is 0 Å². The number of hydrogen-bond acceptors (Lipinski definition) is 3. The second-order valence-electron chi connectivity index (χ2n) is 4.71. The van der Waals surface area contributed by atoms with E-state index in [9.17, 15) is 4.79 Å². The largest absolute Gasteiger partial charge is 0.368 e. The maximum absolute atomic E-state index is 10.3. The highest BCUT2D eigenvalue weighted by Crippen LogP contribution is 2.32. The van der Waals surface area contributed by atoms with E-state index >= 15 is 0 Å². The molecule has 0 atom stereocenters. The Labute approximate surface area is 124 Å². The van der Waals surface area contributed by atoms with Crippen LogP contribution in [0.4, 0.5) is 5.69 Å². The third-order valence-corrected chi connectivity index (χ3v) is 4.25. The summed E-state index contributed by atoms with van der Waals surface area (Å²) in [6.45, 7) is 4.89. The van der Waals surface area contributed by atoms with Crippen molar-refractivity contribution in [3.05, 3.63) is 28.2 Å². The lowest BCUT2D eigenvalue weighted by Gasteiger charge is -2.36. The van der Waals surface area contributed by atoms with Gasteiger partial charge in [0.05, 0.1) is 15.7 Å². The van der Waals surface area contributed by atoms with E-state index in [-0.39, 0.29) is 0 Å². The van der Waals surface area contributed by atoms with Gasteiger partial charge in [-0.05, 0) is 25.1 Å². The van der Waals surface area contributed by atoms with Crippen LogP contribution in [0.15, 0.2) is 18.2 Å². The van der Waals surface area contributed by atoms with Crippen molar-refractivity contribution in [2.24, 2.45) is 0 Å². The number of benzene rings is 1. The number of halogens is 2. The fourth-order valence-corrected chi connectivity index (χ4v) is 2.76. The standard InChI is InChI=1S/C14H18Cl2N2O/c15-12-4-3-5-13(14(12)16)18-9-7-17(8-10-18)6-1-2-11-19/h3-5,11H,1-2,6-10H2. The van der Waals surface area contributed by atoms with Crippen LogP contribution in [0.5, 0.6) is 0 Å². The highest BCUT2D eigenvalue weighted by atomic mass is 35.5. The molecule has 5 heteroatoms. The van der Waals surface area contributed by atoms with Crippen molar-refractivity contribution in [1.29, 1.82) is 0 Å². The fourth-order valence-electron chi connectivity index (χ4n) is 2.35. The molecule has 0 aliphatic carbocycles. The van der Waals surface area contributed by atoms with Crippen molar-refractivity contribution < 1.29 is 4.79 Å². The van der Waals surface area contributed by atoms with Gasteiger partial charge in [-0.2, -0.15) is 0 Å². The average molecular weight is 301 g/mol. The zero-order valence-corrected chi connectivity index (χ0v) is 12.3. The number of carbonyl (C=O) groups excluding carboxylic acids is 1. The minimum Gasteiger partial charge on any atom is -0.368 e. The summed E-state index contributed by atoms with van der Waals surface area (Å²) in [6, 6.07) is 5.75. The molecule has 1 aromatic rings. The number of rotatable bonds is 5. The van der Waals surface area contributed by atoms with Gasteiger partial charge < -0.3 is 9.69 Å². The van der Waals surface area contributed by atoms with Crippen LogP contribution in [-0.4, -0.2) is 43.9 Å². The van der Waals surface area contributed by atoms with Crippen molar-refractivity contribution in [2.75, 3.05) is 37.6 Å². The first kappa shape index (κ1) is 14.6. The Morgan fingerprint density at radius 1 is 1.16 bits per heavy atom. The van der Waals surface area contributed by atoms with E-state index in [4.69, 9.17) is 23.2 Å². The molecule has 2 rings (SSSR count). The number of nitrogens with zero attached hydrogens (tertiary/aromatic N) is 2. The van der Waals surface area contributed by atoms with Gasteiger partial charge in [-0.3, -0.25) is 4.90 Å². The lowest BCUT2D eigenvalue weighted by atomic mass is 10.2. The van der Waals surface area contributed by atoms with Crippen molar-refractivity contribution in [1.82, 2.24) is 4.90 Å². The molecule has 104 valence electrons. The van der Waals surface area contributed by atoms with Crippen LogP contribution in [0, 0.1) is 0 Å². The molecular weight excluding hydrogens is 283 g/mol. The van der Waals surface area contributed by atoms with E-state index in [1.165, 1.54) is 0 Å². The van der Waals surface area contributed by atoms with Crippen molar-refractivity contribution in [3.63, 3.8) is 0 Å². The first-order valence-electron chi connectivity index (χ1n) is 6.57. The smallest absolute Gasteiger partial charge is 0.120 e. The minimum atomic E-state index is 0.604. The molecule has 1 aliphatic rings. The van der Waals surface area contributed by atoms with Crippen LogP contribution in [0.2, 0.25) is 10.0 Å². The summed E-state index contributed by atoms with van der Waals surface area (Å²) in [5.41, 5.74) is 1.02. The van der Waals surface area contributed by atoms with E-state index in [2.05, 4.69) is 9.80 Å². The second kappa shape index (κ2) is 7.13. The normalized spacial score (nSPS) is 16.6. The van der Waals surface area contributed by atoms with E-state index in [1.54, 1.807) is 0 Å². The van der Waals surface area contributed by atoms with Gasteiger partial charge in [0, 0.05) is 32.6 Å². The third-order valence-electron chi connectivity index (χ3n) is 3.44. The molecule has 1 heterocycles. The summed E-state index contributed by atoms with van der Waals surface area (Å²) >= 11 is 12.3. The van der Waals surface area contributed by atoms with Crippen LogP contribution in [0.25, 0.3) is 0 Å². The molecule has 1 saturated heterocycles. The van der Waals surface area contributed by atoms with Crippen LogP contribution >= 0.6 is 23.2 Å². The number of anilines is 1. The second-order valence-corrected chi connectivity index (χ2v) is 5.50. The zero-order chi connectivity index (χ0) is 13.7. The number of unbranched alkanes of at least 4 members (excludes halogenated alkanes) is 1. The summed E-state index contributed by atoms with van der Waals surface area (Å²) < 4.78 is 0. The Balaban J connectivity index is 1.89. The quantitative estimate of drug-likeness (QED) is 0.617. The van der Waals surface area contributed by atoms with Gasteiger partial charge >= 0.3 is 0 Å². The van der Waals surface area contributed by atoms with E-state index in [0.29, 0.717) is 16.5 Å². The van der Waals surface area contributed by atoms with Crippen LogP contribution in [-0.2, 0) is 4.79 Å². The fraction of sp³-hybridized carbons (Fsp3) is 0.500. The molecule has 1 aromatic carbocycles. The van der Waals surface area contributed by atoms with Gasteiger partial charge in [0.15, 0.2) is 0 Å². The lowest BCUT2D eigenvalue weighted by molar-refractivity contribution is -0.108. The molecule has 1 aliphatic heterocycles. The average Bonchev–Trinajstić information content (AvgIpc) is 2.43. The molecule has 0 radical (unpaired) electrons. The molecular formula is C14H18Cl2N2O. The molecule has 1 fully saturated rings. The van der Waals surface area contributed by atoms with Gasteiger partial charge in [-0.1, -0.05) is 29.3 Å². The predicted octanol–water partition coefficient (Wildman–Crippen LogP) is 3.09. The molecule has 3 nitrogen and oxygen atoms in total. The molecule has 0 saturated carbocycles. The Kier molecular flexibility index (Phi) is 5.49. The summed E-state index contributed by atoms with van der Waals surface area (Å²) in [5.74, 6) is 0. The summed E-state index contributed by atoms with van der Waals surface area (Å²) in [5, 5.41) is 1.24. The Bertz CT molecular complexity index is 431. The topological polar surface area (TPSA) is 23.6 Å². The summed E-state index contributed by atoms with van der Waals surface area (Å²) in [4.78, 5) is 15.0. The van der Waals surface area contributed by atoms with Crippen molar-refractivity contribution in [2.45, 2.75) is 12.8 Å². The van der Waals surface area contributed by atoms with Crippen molar-refractivity contribution >= 4 is 35.2 Å². The van der Waals surface area contributed by atoms with E-state index in [1.807, 2.05) is 18.2 Å². The molecule has 0 aromatic heterocycles. The van der Waals surface area contributed by atoms with Gasteiger partial charge in [0.2, 0.25) is 0 Å². The highest BCUT2D eigenvalue weighted by Gasteiger charge is 2.19. The van der Waals surface area contributed by atoms with Crippen molar-refractivity contribution in [3.8, 4) is 0 Å². The number of piperazine rings is 1. The van der Waals surface area contributed by atoms with Crippen LogP contribution < -0.4 is 4.90 Å². The highest BCUT2D eigenvalue weighted by molar-refractivity contribution is 6.43. The van der Waals surface area contributed by atoms with E-state index in [0.717, 1.165) is 51.1 Å². The Hall–Kier alpha value is -0.770. The van der Waals surface area contributed by atoms with Gasteiger partial charge in [0.1, 0.15) is 6.29 Å². The summed E-state index contributed by atoms with van der Waals surface area (Å²) in [6.07, 6.45) is 2.59. The molecule has 0 amide bonds. The maximum Gasteiger partial charge on any atom is 0.120 e. The Morgan fingerprint density at radius 2 is 1.89 bits per heavy atom. The summed E-state index contributed by atoms with van der Waals surface area (Å²) in [7, 11) is 0. The number of carbonyl (C=O) groups is 1.